The molecular weight excluding hydrogens is 288 g/mol. The van der Waals surface area contributed by atoms with Crippen LogP contribution in [0.5, 0.6) is 0 Å². The van der Waals surface area contributed by atoms with Crippen molar-refractivity contribution < 1.29 is 9.53 Å². The molecule has 1 unspecified atom stereocenters. The van der Waals surface area contributed by atoms with Crippen LogP contribution in [-0.2, 0) is 4.74 Å². The third kappa shape index (κ3) is 3.34. The molecular formula is C19H24N2O2. The van der Waals surface area contributed by atoms with E-state index in [1.807, 2.05) is 30.0 Å². The monoisotopic (exact) mass is 312 g/mol. The van der Waals surface area contributed by atoms with Gasteiger partial charge in [0.15, 0.2) is 0 Å². The second-order valence-electron chi connectivity index (χ2n) is 6.73. The van der Waals surface area contributed by atoms with Crippen LogP contribution < -0.4 is 0 Å². The first kappa shape index (κ1) is 15.9. The number of carbonyl (C=O) groups is 1. The normalized spacial score (nSPS) is 22.0. The number of likely N-dealkylation sites (tertiary alicyclic amines) is 1. The zero-order chi connectivity index (χ0) is 16.3. The van der Waals surface area contributed by atoms with Crippen LogP contribution in [0, 0.1) is 24.7 Å². The summed E-state index contributed by atoms with van der Waals surface area (Å²) in [6, 6.07) is 5.92. The van der Waals surface area contributed by atoms with E-state index in [2.05, 4.69) is 16.8 Å². The molecule has 0 aromatic carbocycles. The maximum absolute atomic E-state index is 12.0. The Morgan fingerprint density at radius 2 is 2.30 bits per heavy atom. The number of hydrogen-bond acceptors (Lipinski definition) is 3. The first-order valence-corrected chi connectivity index (χ1v) is 8.41. The van der Waals surface area contributed by atoms with E-state index in [0.29, 0.717) is 5.92 Å². The van der Waals surface area contributed by atoms with Gasteiger partial charge >= 0.3 is 6.09 Å². The SMILES string of the molecule is COC(=O)N1CCC(CC#Cc2cccc(C)n2)CC12CCC2. The number of nitrogens with zero attached hydrogens (tertiary/aromatic N) is 2. The van der Waals surface area contributed by atoms with E-state index in [1.165, 1.54) is 13.5 Å². The summed E-state index contributed by atoms with van der Waals surface area (Å²) in [5.41, 5.74) is 1.88. The first-order valence-electron chi connectivity index (χ1n) is 8.41. The van der Waals surface area contributed by atoms with Gasteiger partial charge in [0.2, 0.25) is 0 Å². The summed E-state index contributed by atoms with van der Waals surface area (Å²) >= 11 is 0. The van der Waals surface area contributed by atoms with Crippen molar-refractivity contribution in [1.29, 1.82) is 0 Å². The van der Waals surface area contributed by atoms with Crippen molar-refractivity contribution in [1.82, 2.24) is 9.88 Å². The third-order valence-electron chi connectivity index (χ3n) is 5.18. The minimum Gasteiger partial charge on any atom is -0.453 e. The van der Waals surface area contributed by atoms with E-state index in [4.69, 9.17) is 4.74 Å². The second-order valence-corrected chi connectivity index (χ2v) is 6.73. The Kier molecular flexibility index (Phi) is 4.56. The molecule has 0 bridgehead atoms. The number of amides is 1. The van der Waals surface area contributed by atoms with Gasteiger partial charge in [-0.05, 0) is 63.0 Å². The molecule has 1 amide bonds. The summed E-state index contributed by atoms with van der Waals surface area (Å²) < 4.78 is 4.96. The average Bonchev–Trinajstić information content (AvgIpc) is 2.52. The topological polar surface area (TPSA) is 42.4 Å². The zero-order valence-corrected chi connectivity index (χ0v) is 14.0. The van der Waals surface area contributed by atoms with Gasteiger partial charge in [0.25, 0.3) is 0 Å². The summed E-state index contributed by atoms with van der Waals surface area (Å²) in [5.74, 6) is 7.03. The fourth-order valence-electron chi connectivity index (χ4n) is 3.83. The number of methoxy groups -OCH3 is 1. The number of rotatable bonds is 1. The highest BCUT2D eigenvalue weighted by Crippen LogP contribution is 2.47. The molecule has 1 saturated heterocycles. The lowest BCUT2D eigenvalue weighted by Gasteiger charge is -2.54. The van der Waals surface area contributed by atoms with Gasteiger partial charge in [-0.15, -0.1) is 0 Å². The number of ether oxygens (including phenoxy) is 1. The van der Waals surface area contributed by atoms with Gasteiger partial charge in [0, 0.05) is 24.2 Å². The van der Waals surface area contributed by atoms with Crippen LogP contribution in [0.1, 0.15) is 49.9 Å². The molecule has 2 aliphatic rings. The van der Waals surface area contributed by atoms with Crippen LogP contribution in [0.2, 0.25) is 0 Å². The van der Waals surface area contributed by atoms with Gasteiger partial charge in [-0.3, -0.25) is 0 Å². The van der Waals surface area contributed by atoms with Crippen LogP contribution in [0.25, 0.3) is 0 Å². The van der Waals surface area contributed by atoms with Crippen molar-refractivity contribution in [2.24, 2.45) is 5.92 Å². The van der Waals surface area contributed by atoms with Gasteiger partial charge in [0.1, 0.15) is 5.69 Å². The highest BCUT2D eigenvalue weighted by molar-refractivity contribution is 5.69. The molecule has 2 fully saturated rings. The van der Waals surface area contributed by atoms with Crippen molar-refractivity contribution in [2.75, 3.05) is 13.7 Å². The van der Waals surface area contributed by atoms with E-state index < -0.39 is 0 Å². The molecule has 4 heteroatoms. The van der Waals surface area contributed by atoms with Crippen LogP contribution in [-0.4, -0.2) is 35.2 Å². The minimum absolute atomic E-state index is 0.0409. The number of aryl methyl sites for hydroxylation is 1. The predicted octanol–water partition coefficient (Wildman–Crippen LogP) is 3.53. The van der Waals surface area contributed by atoms with E-state index in [9.17, 15) is 4.79 Å². The lowest BCUT2D eigenvalue weighted by atomic mass is 9.67. The lowest BCUT2D eigenvalue weighted by molar-refractivity contribution is -0.0276. The molecule has 1 atom stereocenters. The van der Waals surface area contributed by atoms with Gasteiger partial charge in [-0.25, -0.2) is 9.78 Å². The van der Waals surface area contributed by atoms with Crippen LogP contribution >= 0.6 is 0 Å². The summed E-state index contributed by atoms with van der Waals surface area (Å²) in [5, 5.41) is 0. The highest BCUT2D eigenvalue weighted by atomic mass is 16.5. The van der Waals surface area contributed by atoms with Crippen molar-refractivity contribution in [3.63, 3.8) is 0 Å². The highest BCUT2D eigenvalue weighted by Gasteiger charge is 2.48. The Morgan fingerprint density at radius 1 is 1.48 bits per heavy atom. The van der Waals surface area contributed by atoms with Gasteiger partial charge in [-0.2, -0.15) is 0 Å². The maximum Gasteiger partial charge on any atom is 0.409 e. The molecule has 3 rings (SSSR count). The largest absolute Gasteiger partial charge is 0.453 e. The minimum atomic E-state index is -0.168. The number of carbonyl (C=O) groups excluding carboxylic acids is 1. The maximum atomic E-state index is 12.0. The Morgan fingerprint density at radius 3 is 2.96 bits per heavy atom. The van der Waals surface area contributed by atoms with Crippen molar-refractivity contribution in [3.8, 4) is 11.8 Å². The van der Waals surface area contributed by atoms with Crippen LogP contribution in [0.4, 0.5) is 4.79 Å². The number of hydrogen-bond donors (Lipinski definition) is 0. The summed E-state index contributed by atoms with van der Waals surface area (Å²) in [6.07, 6.45) is 6.19. The van der Waals surface area contributed by atoms with Gasteiger partial charge in [-0.1, -0.05) is 12.0 Å². The molecule has 1 aliphatic carbocycles. The Bertz CT molecular complexity index is 640. The molecule has 1 spiro atoms. The standard InChI is InChI=1S/C19H24N2O2/c1-15-6-3-8-17(20-15)9-4-7-16-10-13-21(18(22)23-2)19(14-16)11-5-12-19/h3,6,8,16H,5,7,10-14H2,1-2H3. The molecule has 122 valence electrons. The molecule has 23 heavy (non-hydrogen) atoms. The number of pyridine rings is 1. The molecule has 1 aliphatic heterocycles. The fourth-order valence-corrected chi connectivity index (χ4v) is 3.83. The van der Waals surface area contributed by atoms with E-state index in [1.54, 1.807) is 0 Å². The van der Waals surface area contributed by atoms with Crippen molar-refractivity contribution in [2.45, 2.75) is 51.0 Å². The fraction of sp³-hybridized carbons (Fsp3) is 0.579. The second kappa shape index (κ2) is 6.62. The summed E-state index contributed by atoms with van der Waals surface area (Å²) in [4.78, 5) is 18.4. The van der Waals surface area contributed by atoms with E-state index in [-0.39, 0.29) is 11.6 Å². The molecule has 2 heterocycles. The Balaban J connectivity index is 1.62. The smallest absolute Gasteiger partial charge is 0.409 e. The molecule has 0 N–H and O–H groups in total. The molecule has 4 nitrogen and oxygen atoms in total. The molecule has 1 aromatic heterocycles. The summed E-state index contributed by atoms with van der Waals surface area (Å²) in [7, 11) is 1.47. The molecule has 1 aromatic rings. The van der Waals surface area contributed by atoms with Crippen LogP contribution in [0.3, 0.4) is 0 Å². The number of aromatic nitrogens is 1. The van der Waals surface area contributed by atoms with Crippen molar-refractivity contribution >= 4 is 6.09 Å². The molecule has 0 radical (unpaired) electrons. The van der Waals surface area contributed by atoms with E-state index in [0.717, 1.165) is 50.0 Å². The van der Waals surface area contributed by atoms with Crippen LogP contribution in [0.15, 0.2) is 18.2 Å². The third-order valence-corrected chi connectivity index (χ3v) is 5.18. The Hall–Kier alpha value is -2.02. The first-order chi connectivity index (χ1) is 11.1. The predicted molar refractivity (Wildman–Crippen MR) is 88.9 cm³/mol. The van der Waals surface area contributed by atoms with E-state index >= 15 is 0 Å². The van der Waals surface area contributed by atoms with Gasteiger partial charge in [0.05, 0.1) is 7.11 Å². The Labute approximate surface area is 138 Å². The molecule has 1 saturated carbocycles. The number of piperidine rings is 1. The average molecular weight is 312 g/mol. The van der Waals surface area contributed by atoms with Gasteiger partial charge < -0.3 is 9.64 Å². The summed E-state index contributed by atoms with van der Waals surface area (Å²) in [6.45, 7) is 2.77. The zero-order valence-electron chi connectivity index (χ0n) is 14.0. The lowest BCUT2D eigenvalue weighted by Crippen LogP contribution is -2.60. The quantitative estimate of drug-likeness (QED) is 0.745. The van der Waals surface area contributed by atoms with Crippen molar-refractivity contribution in [3.05, 3.63) is 29.6 Å².